The molecule has 0 saturated heterocycles. The monoisotopic (exact) mass is 353 g/mol. The standard InChI is InChI=1S/C16H12ClN7O/c17-10-3-4-13-19-11(8-23(13)7-10)14(25)20-15-21-16-18-6-5-12(9-1-2-9)24(16)22-15/h3-9H,1-2H2,(H,20,22,25). The number of nitrogens with one attached hydrogen (secondary N) is 1. The molecule has 0 aromatic carbocycles. The number of anilines is 1. The van der Waals surface area contributed by atoms with E-state index in [1.54, 1.807) is 39.6 Å². The molecule has 4 aromatic heterocycles. The molecule has 5 rings (SSSR count). The Hall–Kier alpha value is -3.00. The number of carbonyl (C=O) groups is 1. The van der Waals surface area contributed by atoms with Crippen molar-refractivity contribution < 1.29 is 4.79 Å². The molecule has 1 N–H and O–H groups in total. The number of hydrogen-bond acceptors (Lipinski definition) is 5. The summed E-state index contributed by atoms with van der Waals surface area (Å²) in [5.41, 5.74) is 1.96. The average Bonchev–Trinajstić information content (AvgIpc) is 3.21. The number of aromatic nitrogens is 6. The smallest absolute Gasteiger partial charge is 0.278 e. The van der Waals surface area contributed by atoms with E-state index in [2.05, 4.69) is 25.4 Å². The lowest BCUT2D eigenvalue weighted by Gasteiger charge is -1.99. The van der Waals surface area contributed by atoms with Crippen LogP contribution >= 0.6 is 11.6 Å². The Morgan fingerprint density at radius 1 is 1.20 bits per heavy atom. The van der Waals surface area contributed by atoms with Crippen LogP contribution in [0.15, 0.2) is 36.8 Å². The van der Waals surface area contributed by atoms with Crippen molar-refractivity contribution in [2.24, 2.45) is 0 Å². The van der Waals surface area contributed by atoms with E-state index in [0.717, 1.165) is 18.5 Å². The van der Waals surface area contributed by atoms with Gasteiger partial charge >= 0.3 is 0 Å². The van der Waals surface area contributed by atoms with Gasteiger partial charge in [0.05, 0.1) is 10.7 Å². The van der Waals surface area contributed by atoms with Crippen molar-refractivity contribution in [3.05, 3.63) is 53.2 Å². The molecule has 0 atom stereocenters. The number of halogens is 1. The van der Waals surface area contributed by atoms with Crippen LogP contribution in [-0.2, 0) is 0 Å². The number of fused-ring (bicyclic) bond motifs is 2. The maximum atomic E-state index is 12.4. The third-order valence-corrected chi connectivity index (χ3v) is 4.36. The van der Waals surface area contributed by atoms with Gasteiger partial charge in [0.1, 0.15) is 11.3 Å². The Kier molecular flexibility index (Phi) is 3.01. The number of hydrogen-bond donors (Lipinski definition) is 1. The number of imidazole rings is 1. The van der Waals surface area contributed by atoms with E-state index >= 15 is 0 Å². The van der Waals surface area contributed by atoms with Crippen LogP contribution in [0.5, 0.6) is 0 Å². The third-order valence-electron chi connectivity index (χ3n) is 4.14. The molecule has 0 spiro atoms. The number of nitrogens with zero attached hydrogens (tertiary/aromatic N) is 6. The first kappa shape index (κ1) is 14.4. The van der Waals surface area contributed by atoms with E-state index in [4.69, 9.17) is 11.6 Å². The van der Waals surface area contributed by atoms with Crippen LogP contribution in [0.1, 0.15) is 34.9 Å². The Labute approximate surface area is 146 Å². The van der Waals surface area contributed by atoms with Crippen LogP contribution in [0.2, 0.25) is 5.02 Å². The zero-order valence-corrected chi connectivity index (χ0v) is 13.7. The van der Waals surface area contributed by atoms with E-state index in [-0.39, 0.29) is 17.5 Å². The second-order valence-corrected chi connectivity index (χ2v) is 6.42. The van der Waals surface area contributed by atoms with Gasteiger partial charge in [0, 0.05) is 24.5 Å². The van der Waals surface area contributed by atoms with Crippen LogP contribution in [0.4, 0.5) is 5.95 Å². The highest BCUT2D eigenvalue weighted by Crippen LogP contribution is 2.39. The highest BCUT2D eigenvalue weighted by atomic mass is 35.5. The number of amides is 1. The van der Waals surface area contributed by atoms with Gasteiger partial charge in [-0.15, -0.1) is 5.10 Å². The molecule has 0 bridgehead atoms. The highest BCUT2D eigenvalue weighted by Gasteiger charge is 2.27. The van der Waals surface area contributed by atoms with Crippen molar-refractivity contribution in [1.82, 2.24) is 29.0 Å². The lowest BCUT2D eigenvalue weighted by atomic mass is 10.3. The van der Waals surface area contributed by atoms with Crippen LogP contribution in [0, 0.1) is 0 Å². The Balaban J connectivity index is 1.46. The summed E-state index contributed by atoms with van der Waals surface area (Å²) in [6.45, 7) is 0. The van der Waals surface area contributed by atoms with Gasteiger partial charge in [-0.3, -0.25) is 10.1 Å². The summed E-state index contributed by atoms with van der Waals surface area (Å²) >= 11 is 5.95. The summed E-state index contributed by atoms with van der Waals surface area (Å²) in [6, 6.07) is 5.41. The van der Waals surface area contributed by atoms with Crippen molar-refractivity contribution in [3.8, 4) is 0 Å². The fraction of sp³-hybridized carbons (Fsp3) is 0.188. The van der Waals surface area contributed by atoms with Crippen molar-refractivity contribution >= 4 is 34.9 Å². The number of carbonyl (C=O) groups excluding carboxylic acids is 1. The largest absolute Gasteiger partial charge is 0.305 e. The fourth-order valence-corrected chi connectivity index (χ4v) is 2.96. The fourth-order valence-electron chi connectivity index (χ4n) is 2.79. The maximum Gasteiger partial charge on any atom is 0.278 e. The minimum Gasteiger partial charge on any atom is -0.305 e. The predicted molar refractivity (Wildman–Crippen MR) is 90.9 cm³/mol. The molecule has 1 aliphatic rings. The van der Waals surface area contributed by atoms with E-state index in [0.29, 0.717) is 22.4 Å². The zero-order valence-electron chi connectivity index (χ0n) is 12.9. The second-order valence-electron chi connectivity index (χ2n) is 5.98. The molecule has 4 aromatic rings. The highest BCUT2D eigenvalue weighted by molar-refractivity contribution is 6.30. The summed E-state index contributed by atoms with van der Waals surface area (Å²) < 4.78 is 3.39. The molecule has 1 fully saturated rings. The first-order chi connectivity index (χ1) is 12.2. The van der Waals surface area contributed by atoms with Crippen molar-refractivity contribution in [3.63, 3.8) is 0 Å². The molecule has 0 unspecified atom stereocenters. The molecule has 25 heavy (non-hydrogen) atoms. The van der Waals surface area contributed by atoms with E-state index < -0.39 is 0 Å². The van der Waals surface area contributed by atoms with Crippen LogP contribution in [0.25, 0.3) is 11.4 Å². The van der Waals surface area contributed by atoms with Crippen molar-refractivity contribution in [1.29, 1.82) is 0 Å². The first-order valence-electron chi connectivity index (χ1n) is 7.85. The lowest BCUT2D eigenvalue weighted by molar-refractivity contribution is 0.102. The Morgan fingerprint density at radius 2 is 2.08 bits per heavy atom. The van der Waals surface area contributed by atoms with E-state index in [9.17, 15) is 4.79 Å². The van der Waals surface area contributed by atoms with Gasteiger partial charge in [0.25, 0.3) is 17.6 Å². The molecule has 124 valence electrons. The topological polar surface area (TPSA) is 89.5 Å². The first-order valence-corrected chi connectivity index (χ1v) is 8.22. The quantitative estimate of drug-likeness (QED) is 0.611. The molecule has 0 aliphatic heterocycles. The average molecular weight is 354 g/mol. The zero-order chi connectivity index (χ0) is 17.0. The molecule has 1 amide bonds. The van der Waals surface area contributed by atoms with Gasteiger partial charge in [0.15, 0.2) is 0 Å². The van der Waals surface area contributed by atoms with Gasteiger partial charge in [-0.05, 0) is 31.0 Å². The lowest BCUT2D eigenvalue weighted by Crippen LogP contribution is -2.13. The molecule has 8 nitrogen and oxygen atoms in total. The Morgan fingerprint density at radius 3 is 2.92 bits per heavy atom. The summed E-state index contributed by atoms with van der Waals surface area (Å²) in [5, 5.41) is 7.61. The molecule has 9 heteroatoms. The molecule has 1 saturated carbocycles. The SMILES string of the molecule is O=C(Nc1nc2nccc(C3CC3)n2n1)c1cn2cc(Cl)ccc2n1. The third kappa shape index (κ3) is 2.51. The molecular weight excluding hydrogens is 342 g/mol. The van der Waals surface area contributed by atoms with Crippen LogP contribution in [0.3, 0.4) is 0 Å². The minimum atomic E-state index is -0.385. The van der Waals surface area contributed by atoms with Crippen LogP contribution < -0.4 is 5.32 Å². The van der Waals surface area contributed by atoms with Gasteiger partial charge in [-0.1, -0.05) is 11.6 Å². The number of pyridine rings is 1. The van der Waals surface area contributed by atoms with Gasteiger partial charge in [0.2, 0.25) is 0 Å². The van der Waals surface area contributed by atoms with Gasteiger partial charge in [-0.2, -0.15) is 9.50 Å². The normalized spacial score (nSPS) is 14.3. The summed E-state index contributed by atoms with van der Waals surface area (Å²) in [4.78, 5) is 25.2. The molecule has 0 radical (unpaired) electrons. The number of rotatable bonds is 3. The summed E-state index contributed by atoms with van der Waals surface area (Å²) in [5.74, 6) is 0.796. The van der Waals surface area contributed by atoms with Gasteiger partial charge < -0.3 is 4.40 Å². The van der Waals surface area contributed by atoms with Crippen molar-refractivity contribution in [2.75, 3.05) is 5.32 Å². The van der Waals surface area contributed by atoms with E-state index in [1.165, 1.54) is 0 Å². The van der Waals surface area contributed by atoms with E-state index in [1.807, 2.05) is 6.07 Å². The predicted octanol–water partition coefficient (Wildman–Crippen LogP) is 2.56. The molecule has 1 aliphatic carbocycles. The minimum absolute atomic E-state index is 0.209. The van der Waals surface area contributed by atoms with Crippen molar-refractivity contribution in [2.45, 2.75) is 18.8 Å². The van der Waals surface area contributed by atoms with Crippen LogP contribution in [-0.4, -0.2) is 34.9 Å². The summed E-state index contributed by atoms with van der Waals surface area (Å²) in [6.07, 6.45) is 7.31. The second kappa shape index (κ2) is 5.25. The molecular formula is C16H12ClN7O. The summed E-state index contributed by atoms with van der Waals surface area (Å²) in [7, 11) is 0. The maximum absolute atomic E-state index is 12.4. The molecule has 4 heterocycles. The Bertz CT molecular complexity index is 1130. The van der Waals surface area contributed by atoms with Gasteiger partial charge in [-0.25, -0.2) is 9.97 Å².